The van der Waals surface area contributed by atoms with Crippen molar-refractivity contribution in [2.24, 2.45) is 5.92 Å². The molecule has 1 heterocycles. The monoisotopic (exact) mass is 291 g/mol. The molecule has 21 heavy (non-hydrogen) atoms. The molecule has 1 saturated heterocycles. The van der Waals surface area contributed by atoms with E-state index in [-0.39, 0.29) is 6.04 Å². The number of rotatable bonds is 7. The Morgan fingerprint density at radius 3 is 2.67 bits per heavy atom. The second kappa shape index (κ2) is 8.52. The lowest BCUT2D eigenvalue weighted by Gasteiger charge is -2.24. The van der Waals surface area contributed by atoms with Crippen LogP contribution in [-0.4, -0.2) is 33.0 Å². The number of nitrogens with one attached hydrogen (secondary N) is 1. The summed E-state index contributed by atoms with van der Waals surface area (Å²) in [6.45, 7) is 10.8. The zero-order valence-electron chi connectivity index (χ0n) is 13.7. The zero-order chi connectivity index (χ0) is 15.1. The number of hydrogen-bond acceptors (Lipinski definition) is 3. The highest BCUT2D eigenvalue weighted by atomic mass is 16.5. The Bertz CT molecular complexity index is 427. The molecule has 1 aliphatic heterocycles. The first-order chi connectivity index (χ1) is 10.2. The molecular formula is C18H29NO2. The molecule has 1 aromatic carbocycles. The minimum absolute atomic E-state index is 0.286. The van der Waals surface area contributed by atoms with E-state index in [0.717, 1.165) is 45.8 Å². The molecule has 0 bridgehead atoms. The van der Waals surface area contributed by atoms with Gasteiger partial charge in [-0.25, -0.2) is 0 Å². The number of benzene rings is 1. The minimum Gasteiger partial charge on any atom is -0.381 e. The van der Waals surface area contributed by atoms with Crippen molar-refractivity contribution in [2.75, 3.05) is 33.0 Å². The molecule has 0 aliphatic carbocycles. The number of aryl methyl sites for hydroxylation is 2. The van der Waals surface area contributed by atoms with E-state index in [0.29, 0.717) is 5.92 Å². The summed E-state index contributed by atoms with van der Waals surface area (Å²) in [7, 11) is 0. The van der Waals surface area contributed by atoms with Crippen LogP contribution in [0.2, 0.25) is 0 Å². The third-order valence-corrected chi connectivity index (χ3v) is 4.36. The Morgan fingerprint density at radius 2 is 2.00 bits per heavy atom. The average molecular weight is 291 g/mol. The molecule has 0 saturated carbocycles. The minimum atomic E-state index is 0.286. The Morgan fingerprint density at radius 1 is 1.24 bits per heavy atom. The van der Waals surface area contributed by atoms with E-state index >= 15 is 0 Å². The molecule has 3 nitrogen and oxygen atoms in total. The Hall–Kier alpha value is -0.900. The molecule has 118 valence electrons. The second-order valence-electron chi connectivity index (χ2n) is 6.05. The van der Waals surface area contributed by atoms with Gasteiger partial charge >= 0.3 is 0 Å². The maximum atomic E-state index is 5.99. The predicted octanol–water partition coefficient (Wildman–Crippen LogP) is 3.40. The fourth-order valence-corrected chi connectivity index (χ4v) is 2.77. The molecule has 2 rings (SSSR count). The Balaban J connectivity index is 1.87. The van der Waals surface area contributed by atoms with E-state index in [9.17, 15) is 0 Å². The largest absolute Gasteiger partial charge is 0.381 e. The smallest absolute Gasteiger partial charge is 0.0661 e. The Labute approximate surface area is 129 Å². The van der Waals surface area contributed by atoms with Gasteiger partial charge in [-0.2, -0.15) is 0 Å². The van der Waals surface area contributed by atoms with E-state index in [1.807, 2.05) is 0 Å². The lowest BCUT2D eigenvalue weighted by molar-refractivity contribution is 0.0152. The molecule has 0 aromatic heterocycles. The fourth-order valence-electron chi connectivity index (χ4n) is 2.77. The third kappa shape index (κ3) is 5.10. The summed E-state index contributed by atoms with van der Waals surface area (Å²) >= 11 is 0. The number of likely N-dealkylation sites (N-methyl/N-ethyl adjacent to an activating group) is 1. The van der Waals surface area contributed by atoms with Gasteiger partial charge in [0.25, 0.3) is 0 Å². The van der Waals surface area contributed by atoms with Gasteiger partial charge in [0.05, 0.1) is 12.6 Å². The van der Waals surface area contributed by atoms with Crippen molar-refractivity contribution in [3.63, 3.8) is 0 Å². The molecular weight excluding hydrogens is 262 g/mol. The number of ether oxygens (including phenoxy) is 2. The van der Waals surface area contributed by atoms with Gasteiger partial charge in [0, 0.05) is 19.8 Å². The standard InChI is InChI=1S/C18H29NO2/c1-4-19-18(17-6-5-14(2)15(3)11-17)13-21-12-16-7-9-20-10-8-16/h5-6,11,16,18-19H,4,7-10,12-13H2,1-3H3. The van der Waals surface area contributed by atoms with Crippen molar-refractivity contribution in [1.29, 1.82) is 0 Å². The van der Waals surface area contributed by atoms with Crippen LogP contribution in [0.3, 0.4) is 0 Å². The summed E-state index contributed by atoms with van der Waals surface area (Å²) in [6, 6.07) is 6.98. The quantitative estimate of drug-likeness (QED) is 0.835. The zero-order valence-corrected chi connectivity index (χ0v) is 13.7. The van der Waals surface area contributed by atoms with Gasteiger partial charge in [-0.1, -0.05) is 25.1 Å². The molecule has 1 aliphatic rings. The van der Waals surface area contributed by atoms with E-state index in [1.165, 1.54) is 16.7 Å². The first-order valence-electron chi connectivity index (χ1n) is 8.16. The fraction of sp³-hybridized carbons (Fsp3) is 0.667. The van der Waals surface area contributed by atoms with Crippen LogP contribution in [0.15, 0.2) is 18.2 Å². The van der Waals surface area contributed by atoms with Crippen molar-refractivity contribution < 1.29 is 9.47 Å². The van der Waals surface area contributed by atoms with Gasteiger partial charge in [0.15, 0.2) is 0 Å². The molecule has 0 radical (unpaired) electrons. The van der Waals surface area contributed by atoms with E-state index < -0.39 is 0 Å². The van der Waals surface area contributed by atoms with Crippen LogP contribution in [0.4, 0.5) is 0 Å². The van der Waals surface area contributed by atoms with Crippen molar-refractivity contribution in [3.05, 3.63) is 34.9 Å². The van der Waals surface area contributed by atoms with Gasteiger partial charge in [-0.05, 0) is 55.8 Å². The van der Waals surface area contributed by atoms with Crippen molar-refractivity contribution in [3.8, 4) is 0 Å². The van der Waals surface area contributed by atoms with E-state index in [1.54, 1.807) is 0 Å². The highest BCUT2D eigenvalue weighted by Crippen LogP contribution is 2.19. The molecule has 0 spiro atoms. The highest BCUT2D eigenvalue weighted by Gasteiger charge is 2.16. The Kier molecular flexibility index (Phi) is 6.68. The van der Waals surface area contributed by atoms with Crippen LogP contribution in [-0.2, 0) is 9.47 Å². The normalized spacial score (nSPS) is 17.9. The lowest BCUT2D eigenvalue weighted by atomic mass is 10.0. The van der Waals surface area contributed by atoms with Gasteiger partial charge in [-0.3, -0.25) is 0 Å². The van der Waals surface area contributed by atoms with Crippen LogP contribution in [0.5, 0.6) is 0 Å². The van der Waals surface area contributed by atoms with Crippen LogP contribution in [0.25, 0.3) is 0 Å². The maximum Gasteiger partial charge on any atom is 0.0661 e. The van der Waals surface area contributed by atoms with Crippen LogP contribution in [0, 0.1) is 19.8 Å². The predicted molar refractivity (Wildman–Crippen MR) is 86.7 cm³/mol. The second-order valence-corrected chi connectivity index (χ2v) is 6.05. The molecule has 1 aromatic rings. The number of hydrogen-bond donors (Lipinski definition) is 1. The van der Waals surface area contributed by atoms with Crippen molar-refractivity contribution >= 4 is 0 Å². The first kappa shape index (κ1) is 16.5. The highest BCUT2D eigenvalue weighted by molar-refractivity contribution is 5.31. The maximum absolute atomic E-state index is 5.99. The third-order valence-electron chi connectivity index (χ3n) is 4.36. The molecule has 1 unspecified atom stereocenters. The summed E-state index contributed by atoms with van der Waals surface area (Å²) in [6.07, 6.45) is 2.27. The van der Waals surface area contributed by atoms with Gasteiger partial charge in [0.1, 0.15) is 0 Å². The lowest BCUT2D eigenvalue weighted by Crippen LogP contribution is -2.27. The van der Waals surface area contributed by atoms with Gasteiger partial charge in [0.2, 0.25) is 0 Å². The summed E-state index contributed by atoms with van der Waals surface area (Å²) < 4.78 is 11.4. The molecule has 0 amide bonds. The van der Waals surface area contributed by atoms with Crippen molar-refractivity contribution in [2.45, 2.75) is 39.7 Å². The summed E-state index contributed by atoms with van der Waals surface area (Å²) in [5.41, 5.74) is 4.02. The molecule has 1 atom stereocenters. The van der Waals surface area contributed by atoms with E-state index in [2.05, 4.69) is 44.3 Å². The first-order valence-corrected chi connectivity index (χ1v) is 8.16. The molecule has 1 fully saturated rings. The van der Waals surface area contributed by atoms with Gasteiger partial charge in [-0.15, -0.1) is 0 Å². The molecule has 1 N–H and O–H groups in total. The summed E-state index contributed by atoms with van der Waals surface area (Å²) in [5, 5.41) is 3.53. The topological polar surface area (TPSA) is 30.5 Å². The van der Waals surface area contributed by atoms with Crippen LogP contribution < -0.4 is 5.32 Å². The summed E-state index contributed by atoms with van der Waals surface area (Å²) in [5.74, 6) is 0.667. The SMILES string of the molecule is CCNC(COCC1CCOCC1)c1ccc(C)c(C)c1. The summed E-state index contributed by atoms with van der Waals surface area (Å²) in [4.78, 5) is 0. The van der Waals surface area contributed by atoms with Crippen LogP contribution in [0.1, 0.15) is 42.5 Å². The van der Waals surface area contributed by atoms with Crippen molar-refractivity contribution in [1.82, 2.24) is 5.32 Å². The van der Waals surface area contributed by atoms with Gasteiger partial charge < -0.3 is 14.8 Å². The van der Waals surface area contributed by atoms with Crippen LogP contribution >= 0.6 is 0 Å². The molecule has 3 heteroatoms. The van der Waals surface area contributed by atoms with E-state index in [4.69, 9.17) is 9.47 Å². The average Bonchev–Trinajstić information content (AvgIpc) is 2.50.